The van der Waals surface area contributed by atoms with Crippen LogP contribution in [0.4, 0.5) is 5.69 Å². The van der Waals surface area contributed by atoms with Crippen molar-refractivity contribution in [1.29, 1.82) is 0 Å². The van der Waals surface area contributed by atoms with E-state index in [1.54, 1.807) is 30.3 Å². The molecular formula is C21H19NO5S. The number of benzene rings is 2. The van der Waals surface area contributed by atoms with Crippen molar-refractivity contribution in [3.05, 3.63) is 54.6 Å². The lowest BCUT2D eigenvalue weighted by Gasteiger charge is -2.19. The lowest BCUT2D eigenvalue weighted by Crippen LogP contribution is -2.32. The molecule has 144 valence electrons. The zero-order chi connectivity index (χ0) is 19.5. The Morgan fingerprint density at radius 3 is 1.96 bits per heavy atom. The molecule has 0 unspecified atom stereocenters. The summed E-state index contributed by atoms with van der Waals surface area (Å²) in [7, 11) is -3.93. The molecule has 4 atom stereocenters. The van der Waals surface area contributed by atoms with Gasteiger partial charge in [-0.25, -0.2) is 0 Å². The Labute approximate surface area is 163 Å². The fourth-order valence-electron chi connectivity index (χ4n) is 5.08. The SMILES string of the molecule is O=C1[C@H]2[C@H]3CC[C@@H](C3)[C@@H]2C(=O)N1c1ccc(OS(=O)(=O)c2ccccc2)cc1. The van der Waals surface area contributed by atoms with Crippen molar-refractivity contribution in [2.45, 2.75) is 24.2 Å². The van der Waals surface area contributed by atoms with Crippen LogP contribution in [-0.2, 0) is 19.7 Å². The summed E-state index contributed by atoms with van der Waals surface area (Å²) in [6.45, 7) is 0. The van der Waals surface area contributed by atoms with E-state index in [-0.39, 0.29) is 34.3 Å². The summed E-state index contributed by atoms with van der Waals surface area (Å²) < 4.78 is 29.8. The normalized spacial score (nSPS) is 28.6. The fraction of sp³-hybridized carbons (Fsp3) is 0.333. The second-order valence-electron chi connectivity index (χ2n) is 7.74. The Morgan fingerprint density at radius 2 is 1.39 bits per heavy atom. The van der Waals surface area contributed by atoms with Gasteiger partial charge in [-0.15, -0.1) is 0 Å². The Balaban J connectivity index is 1.37. The van der Waals surface area contributed by atoms with Crippen LogP contribution in [0.3, 0.4) is 0 Å². The third kappa shape index (κ3) is 2.57. The largest absolute Gasteiger partial charge is 0.379 e. The highest BCUT2D eigenvalue weighted by molar-refractivity contribution is 7.87. The first kappa shape index (κ1) is 17.4. The molecule has 0 radical (unpaired) electrons. The van der Waals surface area contributed by atoms with Crippen LogP contribution < -0.4 is 9.08 Å². The molecule has 0 aromatic heterocycles. The van der Waals surface area contributed by atoms with Crippen LogP contribution in [0.25, 0.3) is 0 Å². The number of anilines is 1. The van der Waals surface area contributed by atoms with Gasteiger partial charge in [0.05, 0.1) is 17.5 Å². The summed E-state index contributed by atoms with van der Waals surface area (Å²) in [4.78, 5) is 27.1. The molecule has 2 saturated carbocycles. The molecule has 0 spiro atoms. The van der Waals surface area contributed by atoms with Crippen LogP contribution in [0, 0.1) is 23.7 Å². The van der Waals surface area contributed by atoms with Gasteiger partial charge in [0.2, 0.25) is 11.8 Å². The summed E-state index contributed by atoms with van der Waals surface area (Å²) >= 11 is 0. The third-order valence-corrected chi connectivity index (χ3v) is 7.52. The van der Waals surface area contributed by atoms with Crippen LogP contribution in [0.15, 0.2) is 59.5 Å². The van der Waals surface area contributed by atoms with Gasteiger partial charge >= 0.3 is 10.1 Å². The first-order valence-corrected chi connectivity index (χ1v) is 10.8. The molecule has 2 aromatic carbocycles. The second kappa shape index (κ2) is 6.17. The van der Waals surface area contributed by atoms with E-state index in [1.807, 2.05) is 0 Å². The topological polar surface area (TPSA) is 80.8 Å². The van der Waals surface area contributed by atoms with Crippen LogP contribution in [0.1, 0.15) is 19.3 Å². The van der Waals surface area contributed by atoms with Crippen molar-refractivity contribution in [3.8, 4) is 5.75 Å². The lowest BCUT2D eigenvalue weighted by molar-refractivity contribution is -0.123. The average Bonchev–Trinajstić information content (AvgIpc) is 3.37. The van der Waals surface area contributed by atoms with E-state index in [0.29, 0.717) is 17.5 Å². The third-order valence-electron chi connectivity index (χ3n) is 6.26. The van der Waals surface area contributed by atoms with Gasteiger partial charge in [-0.2, -0.15) is 8.42 Å². The monoisotopic (exact) mass is 397 g/mol. The molecule has 2 bridgehead atoms. The minimum atomic E-state index is -3.93. The maximum absolute atomic E-state index is 12.9. The Bertz CT molecular complexity index is 1020. The number of nitrogens with zero attached hydrogens (tertiary/aromatic N) is 1. The van der Waals surface area contributed by atoms with Gasteiger partial charge in [0.15, 0.2) is 0 Å². The molecule has 1 saturated heterocycles. The highest BCUT2D eigenvalue weighted by atomic mass is 32.2. The minimum absolute atomic E-state index is 0.0623. The fourth-order valence-corrected chi connectivity index (χ4v) is 6.03. The number of amides is 2. The Morgan fingerprint density at radius 1 is 0.821 bits per heavy atom. The molecule has 3 fully saturated rings. The predicted octanol–water partition coefficient (Wildman–Crippen LogP) is 2.99. The quantitative estimate of drug-likeness (QED) is 0.585. The molecule has 0 N–H and O–H groups in total. The van der Waals surface area contributed by atoms with Gasteiger partial charge in [0, 0.05) is 0 Å². The molecule has 1 aliphatic heterocycles. The first-order valence-electron chi connectivity index (χ1n) is 9.43. The lowest BCUT2D eigenvalue weighted by atomic mass is 9.81. The summed E-state index contributed by atoms with van der Waals surface area (Å²) in [5.74, 6) is 0.193. The van der Waals surface area contributed by atoms with Gasteiger partial charge in [-0.1, -0.05) is 18.2 Å². The number of carbonyl (C=O) groups is 2. The van der Waals surface area contributed by atoms with Crippen LogP contribution in [-0.4, -0.2) is 20.2 Å². The smallest absolute Gasteiger partial charge is 0.339 e. The molecule has 2 aromatic rings. The van der Waals surface area contributed by atoms with Crippen molar-refractivity contribution in [2.75, 3.05) is 4.90 Å². The van der Waals surface area contributed by atoms with E-state index in [0.717, 1.165) is 19.3 Å². The van der Waals surface area contributed by atoms with Gasteiger partial charge in [-0.3, -0.25) is 14.5 Å². The molecule has 6 nitrogen and oxygen atoms in total. The molecule has 2 aliphatic carbocycles. The van der Waals surface area contributed by atoms with Crippen molar-refractivity contribution in [2.24, 2.45) is 23.7 Å². The molecule has 3 aliphatic rings. The molecule has 2 amide bonds. The zero-order valence-electron chi connectivity index (χ0n) is 15.0. The highest BCUT2D eigenvalue weighted by Crippen LogP contribution is 2.56. The van der Waals surface area contributed by atoms with E-state index in [9.17, 15) is 18.0 Å². The Hall–Kier alpha value is -2.67. The number of rotatable bonds is 4. The standard InChI is InChI=1S/C21H19NO5S/c23-20-18-13-6-7-14(12-13)19(18)21(24)22(20)15-8-10-16(11-9-15)27-28(25,26)17-4-2-1-3-5-17/h1-5,8-11,13-14,18-19H,6-7,12H2/t13-,14-,18-,19-/m0/s1. The molecule has 28 heavy (non-hydrogen) atoms. The minimum Gasteiger partial charge on any atom is -0.379 e. The summed E-state index contributed by atoms with van der Waals surface area (Å²) in [5, 5.41) is 0. The second-order valence-corrected chi connectivity index (χ2v) is 9.29. The van der Waals surface area contributed by atoms with E-state index in [1.165, 1.54) is 29.2 Å². The van der Waals surface area contributed by atoms with E-state index in [4.69, 9.17) is 4.18 Å². The van der Waals surface area contributed by atoms with E-state index < -0.39 is 10.1 Å². The number of hydrogen-bond donors (Lipinski definition) is 0. The molecule has 1 heterocycles. The van der Waals surface area contributed by atoms with Gasteiger partial charge in [0.25, 0.3) is 0 Å². The summed E-state index contributed by atoms with van der Waals surface area (Å²) in [6.07, 6.45) is 3.05. The maximum Gasteiger partial charge on any atom is 0.339 e. The first-order chi connectivity index (χ1) is 13.5. The average molecular weight is 397 g/mol. The Kier molecular flexibility index (Phi) is 3.84. The maximum atomic E-state index is 12.9. The van der Waals surface area contributed by atoms with E-state index >= 15 is 0 Å². The molecular weight excluding hydrogens is 378 g/mol. The number of imide groups is 1. The molecule has 5 rings (SSSR count). The van der Waals surface area contributed by atoms with Crippen molar-refractivity contribution in [1.82, 2.24) is 0 Å². The summed E-state index contributed by atoms with van der Waals surface area (Å²) in [5.41, 5.74) is 0.466. The van der Waals surface area contributed by atoms with Crippen LogP contribution >= 0.6 is 0 Å². The van der Waals surface area contributed by atoms with Crippen molar-refractivity contribution >= 4 is 27.6 Å². The zero-order valence-corrected chi connectivity index (χ0v) is 15.8. The van der Waals surface area contributed by atoms with Crippen LogP contribution in [0.2, 0.25) is 0 Å². The van der Waals surface area contributed by atoms with Crippen molar-refractivity contribution in [3.63, 3.8) is 0 Å². The van der Waals surface area contributed by atoms with Gasteiger partial charge in [0.1, 0.15) is 10.6 Å². The number of hydrogen-bond acceptors (Lipinski definition) is 5. The highest BCUT2D eigenvalue weighted by Gasteiger charge is 2.61. The number of carbonyl (C=O) groups excluding carboxylic acids is 2. The predicted molar refractivity (Wildman–Crippen MR) is 101 cm³/mol. The van der Waals surface area contributed by atoms with Crippen LogP contribution in [0.5, 0.6) is 5.75 Å². The molecule has 7 heteroatoms. The van der Waals surface area contributed by atoms with Crippen molar-refractivity contribution < 1.29 is 22.2 Å². The van der Waals surface area contributed by atoms with E-state index in [2.05, 4.69) is 0 Å². The summed E-state index contributed by atoms with van der Waals surface area (Å²) in [6, 6.07) is 13.9. The van der Waals surface area contributed by atoms with Gasteiger partial charge < -0.3 is 4.18 Å². The number of fused-ring (bicyclic) bond motifs is 5. The van der Waals surface area contributed by atoms with Gasteiger partial charge in [-0.05, 0) is 67.5 Å².